The predicted octanol–water partition coefficient (Wildman–Crippen LogP) is 3.43. The standard InChI is InChI=1S/C27H30F3N9O2/c1-2-16-13-17(6-7-18(16)25(40)33-9-4-10-34-26(41)20-5-3-8-31-20)37-23-24-35-15-21(39(24)12-11-32-23)19-14-36-38-22(19)27(28,29)30/h6-7,11-15,20,31H,2-5,8-10H2,1H3,(H,32,37)(H,33,40)(H,34,41)(H,36,38). The highest BCUT2D eigenvalue weighted by atomic mass is 19.4. The van der Waals surface area contributed by atoms with Crippen LogP contribution in [0, 0.1) is 0 Å². The van der Waals surface area contributed by atoms with Crippen LogP contribution in [0.15, 0.2) is 43.0 Å². The zero-order valence-electron chi connectivity index (χ0n) is 22.3. The van der Waals surface area contributed by atoms with Crippen LogP contribution in [0.1, 0.15) is 47.8 Å². The van der Waals surface area contributed by atoms with Crippen molar-refractivity contribution in [3.63, 3.8) is 0 Å². The van der Waals surface area contributed by atoms with E-state index in [1.807, 2.05) is 18.1 Å². The molecule has 3 aromatic heterocycles. The summed E-state index contributed by atoms with van der Waals surface area (Å²) in [6.45, 7) is 3.69. The molecule has 11 nitrogen and oxygen atoms in total. The topological polar surface area (TPSA) is 141 Å². The summed E-state index contributed by atoms with van der Waals surface area (Å²) in [4.78, 5) is 33.5. The van der Waals surface area contributed by atoms with Crippen LogP contribution in [-0.2, 0) is 17.4 Å². The van der Waals surface area contributed by atoms with Gasteiger partial charge in [0.2, 0.25) is 5.91 Å². The lowest BCUT2D eigenvalue weighted by molar-refractivity contribution is -0.140. The third-order valence-corrected chi connectivity index (χ3v) is 6.94. The number of halogens is 3. The van der Waals surface area contributed by atoms with Gasteiger partial charge in [-0.25, -0.2) is 9.97 Å². The lowest BCUT2D eigenvalue weighted by Crippen LogP contribution is -2.41. The Kier molecular flexibility index (Phi) is 8.19. The molecule has 0 spiro atoms. The Balaban J connectivity index is 1.24. The lowest BCUT2D eigenvalue weighted by atomic mass is 10.0. The number of nitrogens with zero attached hydrogens (tertiary/aromatic N) is 4. The van der Waals surface area contributed by atoms with Gasteiger partial charge in [-0.1, -0.05) is 6.92 Å². The van der Waals surface area contributed by atoms with E-state index in [9.17, 15) is 22.8 Å². The van der Waals surface area contributed by atoms with Gasteiger partial charge in [0.1, 0.15) is 5.69 Å². The highest BCUT2D eigenvalue weighted by Crippen LogP contribution is 2.36. The first-order valence-electron chi connectivity index (χ1n) is 13.4. The highest BCUT2D eigenvalue weighted by Gasteiger charge is 2.36. The SMILES string of the molecule is CCc1cc(Nc2nccn3c(-c4cn[nH]c4C(F)(F)F)cnc23)ccc1C(=O)NCCCNC(=O)C1CCCN1. The molecule has 1 aromatic carbocycles. The minimum Gasteiger partial charge on any atom is -0.355 e. The number of nitrogens with one attached hydrogen (secondary N) is 5. The molecule has 0 saturated carbocycles. The van der Waals surface area contributed by atoms with Gasteiger partial charge in [-0.15, -0.1) is 0 Å². The first-order valence-corrected chi connectivity index (χ1v) is 13.4. The van der Waals surface area contributed by atoms with Crippen LogP contribution in [0.4, 0.5) is 24.7 Å². The van der Waals surface area contributed by atoms with Gasteiger partial charge in [0.05, 0.1) is 29.7 Å². The molecule has 1 aliphatic rings. The number of alkyl halides is 3. The van der Waals surface area contributed by atoms with Crippen molar-refractivity contribution in [3.8, 4) is 11.3 Å². The molecule has 14 heteroatoms. The summed E-state index contributed by atoms with van der Waals surface area (Å²) in [5, 5.41) is 17.7. The molecule has 4 aromatic rings. The number of hydrogen-bond acceptors (Lipinski definition) is 7. The third-order valence-electron chi connectivity index (χ3n) is 6.94. The van der Waals surface area contributed by atoms with Gasteiger partial charge in [-0.2, -0.15) is 18.3 Å². The predicted molar refractivity (Wildman–Crippen MR) is 146 cm³/mol. The zero-order chi connectivity index (χ0) is 29.0. The number of aromatic nitrogens is 5. The van der Waals surface area contributed by atoms with Crippen LogP contribution in [-0.4, -0.2) is 62.1 Å². The number of aromatic amines is 1. The molecule has 1 fully saturated rings. The van der Waals surface area contributed by atoms with Gasteiger partial charge in [-0.05, 0) is 56.0 Å². The van der Waals surface area contributed by atoms with Crippen molar-refractivity contribution >= 4 is 29.0 Å². The van der Waals surface area contributed by atoms with Crippen molar-refractivity contribution in [2.75, 3.05) is 25.0 Å². The van der Waals surface area contributed by atoms with Gasteiger partial charge in [0.25, 0.3) is 5.91 Å². The number of H-pyrrole nitrogens is 1. The van der Waals surface area contributed by atoms with E-state index in [4.69, 9.17) is 0 Å². The molecule has 1 aliphatic heterocycles. The Morgan fingerprint density at radius 1 is 1.15 bits per heavy atom. The normalized spacial score (nSPS) is 15.3. The Morgan fingerprint density at radius 3 is 2.73 bits per heavy atom. The van der Waals surface area contributed by atoms with Gasteiger partial charge >= 0.3 is 6.18 Å². The van der Waals surface area contributed by atoms with E-state index in [1.165, 1.54) is 23.0 Å². The van der Waals surface area contributed by atoms with Crippen LogP contribution in [0.25, 0.3) is 16.9 Å². The molecule has 5 N–H and O–H groups in total. The first kappa shape index (κ1) is 28.1. The number of carbonyl (C=O) groups excluding carboxylic acids is 2. The van der Waals surface area contributed by atoms with E-state index in [0.717, 1.165) is 31.1 Å². The number of amides is 2. The molecule has 216 valence electrons. The molecule has 0 bridgehead atoms. The lowest BCUT2D eigenvalue weighted by Gasteiger charge is -2.13. The summed E-state index contributed by atoms with van der Waals surface area (Å²) in [5.74, 6) is 0.121. The number of rotatable bonds is 10. The van der Waals surface area contributed by atoms with Crippen molar-refractivity contribution in [2.24, 2.45) is 0 Å². The Labute approximate surface area is 233 Å². The second kappa shape index (κ2) is 12.0. The molecule has 5 rings (SSSR count). The molecule has 4 heterocycles. The van der Waals surface area contributed by atoms with Crippen LogP contribution in [0.2, 0.25) is 0 Å². The Bertz CT molecular complexity index is 1540. The third kappa shape index (κ3) is 6.16. The summed E-state index contributed by atoms with van der Waals surface area (Å²) in [6, 6.07) is 5.15. The molecular weight excluding hydrogens is 539 g/mol. The van der Waals surface area contributed by atoms with Gasteiger partial charge < -0.3 is 21.3 Å². The van der Waals surface area contributed by atoms with Crippen molar-refractivity contribution in [2.45, 2.75) is 44.8 Å². The number of hydrogen-bond donors (Lipinski definition) is 5. The van der Waals surface area contributed by atoms with Gasteiger partial charge in [0, 0.05) is 36.7 Å². The quantitative estimate of drug-likeness (QED) is 0.184. The summed E-state index contributed by atoms with van der Waals surface area (Å²) >= 11 is 0. The van der Waals surface area contributed by atoms with Crippen LogP contribution in [0.5, 0.6) is 0 Å². The minimum absolute atomic E-state index is 0.00512. The average Bonchev–Trinajstić information content (AvgIpc) is 3.73. The second-order valence-electron chi connectivity index (χ2n) is 9.67. The fourth-order valence-corrected chi connectivity index (χ4v) is 4.85. The number of imidazole rings is 1. The summed E-state index contributed by atoms with van der Waals surface area (Å²) in [6.07, 6.45) is 3.88. The number of anilines is 2. The second-order valence-corrected chi connectivity index (χ2v) is 9.67. The summed E-state index contributed by atoms with van der Waals surface area (Å²) in [7, 11) is 0. The van der Waals surface area contributed by atoms with Crippen molar-refractivity contribution < 1.29 is 22.8 Å². The van der Waals surface area contributed by atoms with Crippen LogP contribution >= 0.6 is 0 Å². The number of carbonyl (C=O) groups is 2. The number of fused-ring (bicyclic) bond motifs is 1. The van der Waals surface area contributed by atoms with Crippen LogP contribution in [0.3, 0.4) is 0 Å². The van der Waals surface area contributed by atoms with Crippen molar-refractivity contribution in [1.82, 2.24) is 40.5 Å². The van der Waals surface area contributed by atoms with E-state index in [0.29, 0.717) is 48.6 Å². The van der Waals surface area contributed by atoms with E-state index in [1.54, 1.807) is 12.1 Å². The zero-order valence-corrected chi connectivity index (χ0v) is 22.3. The van der Waals surface area contributed by atoms with Crippen LogP contribution < -0.4 is 21.3 Å². The fourth-order valence-electron chi connectivity index (χ4n) is 4.85. The Hall–Kier alpha value is -4.46. The number of aryl methyl sites for hydroxylation is 1. The summed E-state index contributed by atoms with van der Waals surface area (Å²) in [5.41, 5.74) is 1.43. The van der Waals surface area contributed by atoms with Crippen molar-refractivity contribution in [3.05, 3.63) is 59.8 Å². The van der Waals surface area contributed by atoms with E-state index >= 15 is 0 Å². The van der Waals surface area contributed by atoms with Gasteiger partial charge in [0.15, 0.2) is 11.5 Å². The largest absolute Gasteiger partial charge is 0.433 e. The van der Waals surface area contributed by atoms with Gasteiger partial charge in [-0.3, -0.25) is 19.1 Å². The van der Waals surface area contributed by atoms with E-state index < -0.39 is 11.9 Å². The Morgan fingerprint density at radius 2 is 1.98 bits per heavy atom. The molecule has 1 saturated heterocycles. The van der Waals surface area contributed by atoms with E-state index in [2.05, 4.69) is 36.3 Å². The number of benzene rings is 1. The highest BCUT2D eigenvalue weighted by molar-refractivity contribution is 5.96. The average molecular weight is 570 g/mol. The molecule has 0 aliphatic carbocycles. The maximum absolute atomic E-state index is 13.4. The van der Waals surface area contributed by atoms with E-state index in [-0.39, 0.29) is 29.1 Å². The smallest absolute Gasteiger partial charge is 0.355 e. The molecule has 0 radical (unpaired) electrons. The minimum atomic E-state index is -4.60. The van der Waals surface area contributed by atoms with Crippen molar-refractivity contribution in [1.29, 1.82) is 0 Å². The maximum atomic E-state index is 13.4. The molecule has 1 atom stereocenters. The fraction of sp³-hybridized carbons (Fsp3) is 0.370. The molecule has 1 unspecified atom stereocenters. The molecule has 41 heavy (non-hydrogen) atoms. The first-order chi connectivity index (χ1) is 19.8. The molecule has 2 amide bonds. The maximum Gasteiger partial charge on any atom is 0.433 e. The monoisotopic (exact) mass is 569 g/mol. The molecular formula is C27H30F3N9O2. The summed E-state index contributed by atoms with van der Waals surface area (Å²) < 4.78 is 41.8.